The molecule has 0 bridgehead atoms. The van der Waals surface area contributed by atoms with Crippen LogP contribution in [0.3, 0.4) is 0 Å². The summed E-state index contributed by atoms with van der Waals surface area (Å²) in [5, 5.41) is 72.1. The zero-order valence-corrected chi connectivity index (χ0v) is 42.5. The van der Waals surface area contributed by atoms with E-state index in [0.717, 1.165) is 38.5 Å². The molecule has 2 fully saturated rings. The summed E-state index contributed by atoms with van der Waals surface area (Å²) in [5.41, 5.74) is 0. The van der Waals surface area contributed by atoms with Crippen LogP contribution in [0, 0.1) is 0 Å². The summed E-state index contributed by atoms with van der Waals surface area (Å²) < 4.78 is 33.4. The van der Waals surface area contributed by atoms with Crippen LogP contribution >= 0.6 is 0 Å². The van der Waals surface area contributed by atoms with Gasteiger partial charge in [-0.05, 0) is 64.2 Å². The van der Waals surface area contributed by atoms with Crippen LogP contribution in [0.5, 0.6) is 0 Å². The number of unbranched alkanes of at least 4 members (excludes halogenated alkanes) is 14. The number of carbonyl (C=O) groups is 2. The van der Waals surface area contributed by atoms with E-state index in [0.29, 0.717) is 19.3 Å². The summed E-state index contributed by atoms with van der Waals surface area (Å²) in [6.45, 7) is 2.44. The molecule has 0 amide bonds. The number of aliphatic hydroxyl groups excluding tert-OH is 7. The van der Waals surface area contributed by atoms with Crippen molar-refractivity contribution in [3.8, 4) is 0 Å². The zero-order chi connectivity index (χ0) is 51.0. The van der Waals surface area contributed by atoms with Gasteiger partial charge in [-0.25, -0.2) is 0 Å². The van der Waals surface area contributed by atoms with E-state index in [4.69, 9.17) is 28.4 Å². The number of hydrogen-bond donors (Lipinski definition) is 7. The monoisotopic (exact) mass is 993 g/mol. The van der Waals surface area contributed by atoms with Crippen molar-refractivity contribution in [3.63, 3.8) is 0 Å². The summed E-state index contributed by atoms with van der Waals surface area (Å²) in [6.07, 6.45) is 32.4. The van der Waals surface area contributed by atoms with Crippen molar-refractivity contribution in [3.05, 3.63) is 72.9 Å². The Kier molecular flexibility index (Phi) is 37.3. The average molecular weight is 993 g/mol. The Morgan fingerprint density at radius 2 is 0.857 bits per heavy atom. The van der Waals surface area contributed by atoms with Crippen LogP contribution in [0.15, 0.2) is 72.9 Å². The zero-order valence-electron chi connectivity index (χ0n) is 42.5. The van der Waals surface area contributed by atoms with E-state index in [9.17, 15) is 45.3 Å². The SMILES string of the molecule is CCCCC/C=C/C/C=C/C/C=C/C/C=C/C/C=C/CCC(=O)O[C@H](COC(=O)CC/C=C/CCCCCCCCCCCCC)CO[C@H]1O[C@@H](CO[C@H]2O[C@@H](CO)[C@@H](O)C(O)C2O)[C@@H](O)C(O)C1O. The summed E-state index contributed by atoms with van der Waals surface area (Å²) in [6, 6.07) is 0. The Hall–Kier alpha value is -3.06. The van der Waals surface area contributed by atoms with Gasteiger partial charge >= 0.3 is 11.9 Å². The fourth-order valence-corrected chi connectivity index (χ4v) is 7.80. The number of aliphatic hydroxyl groups is 7. The van der Waals surface area contributed by atoms with Gasteiger partial charge in [-0.1, -0.05) is 164 Å². The van der Waals surface area contributed by atoms with E-state index in [-0.39, 0.29) is 19.4 Å². The van der Waals surface area contributed by atoms with Crippen LogP contribution < -0.4 is 0 Å². The highest BCUT2D eigenvalue weighted by Crippen LogP contribution is 2.26. The molecule has 0 radical (unpaired) electrons. The number of carbonyl (C=O) groups excluding carboxylic acids is 2. The molecule has 2 aliphatic rings. The fourth-order valence-electron chi connectivity index (χ4n) is 7.80. The van der Waals surface area contributed by atoms with Crippen LogP contribution in [0.4, 0.5) is 0 Å². The van der Waals surface area contributed by atoms with Gasteiger partial charge in [-0.2, -0.15) is 0 Å². The molecule has 7 N–H and O–H groups in total. The van der Waals surface area contributed by atoms with Gasteiger partial charge in [0, 0.05) is 12.8 Å². The van der Waals surface area contributed by atoms with Gasteiger partial charge in [0.25, 0.3) is 0 Å². The molecule has 15 nitrogen and oxygen atoms in total. The third kappa shape index (κ3) is 28.8. The molecule has 0 aromatic carbocycles. The predicted molar refractivity (Wildman–Crippen MR) is 270 cm³/mol. The first-order valence-corrected chi connectivity index (χ1v) is 26.5. The maximum atomic E-state index is 13.0. The maximum Gasteiger partial charge on any atom is 0.306 e. The van der Waals surface area contributed by atoms with E-state index in [1.807, 2.05) is 18.2 Å². The van der Waals surface area contributed by atoms with Gasteiger partial charge in [0.05, 0.1) is 19.8 Å². The quantitative estimate of drug-likeness (QED) is 0.0176. The first-order valence-electron chi connectivity index (χ1n) is 26.5. The second kappa shape index (κ2) is 41.4. The summed E-state index contributed by atoms with van der Waals surface area (Å²) in [7, 11) is 0. The highest BCUT2D eigenvalue weighted by Gasteiger charge is 2.47. The molecule has 0 spiro atoms. The van der Waals surface area contributed by atoms with Crippen LogP contribution in [-0.2, 0) is 38.0 Å². The van der Waals surface area contributed by atoms with Gasteiger partial charge < -0.3 is 64.2 Å². The van der Waals surface area contributed by atoms with Gasteiger partial charge in [-0.3, -0.25) is 9.59 Å². The predicted octanol–water partition coefficient (Wildman–Crippen LogP) is 7.82. The lowest BCUT2D eigenvalue weighted by atomic mass is 9.98. The molecule has 0 aliphatic carbocycles. The van der Waals surface area contributed by atoms with E-state index >= 15 is 0 Å². The van der Waals surface area contributed by atoms with Gasteiger partial charge in [-0.15, -0.1) is 0 Å². The van der Waals surface area contributed by atoms with E-state index in [1.165, 1.54) is 83.5 Å². The molecule has 2 saturated heterocycles. The number of ether oxygens (including phenoxy) is 6. The molecule has 0 saturated carbocycles. The topological polar surface area (TPSA) is 231 Å². The maximum absolute atomic E-state index is 13.0. The molecule has 4 unspecified atom stereocenters. The lowest BCUT2D eigenvalue weighted by molar-refractivity contribution is -0.332. The normalized spacial score (nSPS) is 26.0. The number of hydrogen-bond acceptors (Lipinski definition) is 15. The van der Waals surface area contributed by atoms with E-state index < -0.39 is 99.3 Å². The molecule has 2 aliphatic heterocycles. The number of rotatable bonds is 40. The van der Waals surface area contributed by atoms with Crippen molar-refractivity contribution in [2.75, 3.05) is 26.4 Å². The molecule has 70 heavy (non-hydrogen) atoms. The first kappa shape index (κ1) is 63.1. The molecule has 0 aromatic heterocycles. The Bertz CT molecular complexity index is 1490. The Labute approximate surface area is 419 Å². The van der Waals surface area contributed by atoms with Gasteiger partial charge in [0.15, 0.2) is 18.7 Å². The highest BCUT2D eigenvalue weighted by atomic mass is 16.7. The van der Waals surface area contributed by atoms with Gasteiger partial charge in [0.1, 0.15) is 55.4 Å². The highest BCUT2D eigenvalue weighted by molar-refractivity contribution is 5.70. The van der Waals surface area contributed by atoms with Crippen LogP contribution in [0.1, 0.15) is 168 Å². The second-order valence-electron chi connectivity index (χ2n) is 18.3. The average Bonchev–Trinajstić information content (AvgIpc) is 3.35. The fraction of sp³-hybridized carbons (Fsp3) is 0.745. The standard InChI is InChI=1S/C55H92O15/c1-3-5-7-9-11-13-15-17-19-20-21-22-24-26-28-30-32-34-36-38-47(58)68-43(40-65-46(57)37-35-33-31-29-27-25-23-18-16-14-12-10-8-6-4-2)41-66-54-53(64)51(62)49(60)45(70-54)42-67-55-52(63)50(61)48(59)44(39-56)69-55/h11,13,17,19,21-22,26,28,31-34,43-45,48-56,59-64H,3-10,12,14-16,18,20,23-25,27,29-30,35-42H2,1-2H3/b13-11+,19-17+,22-21+,28-26+,33-31+,34-32+/t43-,44+,45+,48-,49-,50?,51?,52?,53?,54+,55+/m1/s1. The van der Waals surface area contributed by atoms with Crippen molar-refractivity contribution in [2.24, 2.45) is 0 Å². The molecule has 11 atom stereocenters. The van der Waals surface area contributed by atoms with Crippen LogP contribution in [0.2, 0.25) is 0 Å². The van der Waals surface area contributed by atoms with E-state index in [1.54, 1.807) is 0 Å². The minimum Gasteiger partial charge on any atom is -0.462 e. The second-order valence-corrected chi connectivity index (χ2v) is 18.3. The third-order valence-corrected chi connectivity index (χ3v) is 12.2. The molecular formula is C55H92O15. The smallest absolute Gasteiger partial charge is 0.306 e. The van der Waals surface area contributed by atoms with Crippen LogP contribution in [-0.4, -0.2) is 142 Å². The lowest BCUT2D eigenvalue weighted by Crippen LogP contribution is -2.61. The largest absolute Gasteiger partial charge is 0.462 e. The van der Waals surface area contributed by atoms with Crippen molar-refractivity contribution in [2.45, 2.75) is 235 Å². The molecule has 0 aromatic rings. The van der Waals surface area contributed by atoms with E-state index in [2.05, 4.69) is 68.5 Å². The molecular weight excluding hydrogens is 901 g/mol. The molecule has 402 valence electrons. The summed E-state index contributed by atoms with van der Waals surface area (Å²) >= 11 is 0. The lowest BCUT2D eigenvalue weighted by Gasteiger charge is -2.42. The molecule has 15 heteroatoms. The summed E-state index contributed by atoms with van der Waals surface area (Å²) in [5.74, 6) is -1.08. The Balaban J connectivity index is 1.85. The number of esters is 2. The van der Waals surface area contributed by atoms with Crippen molar-refractivity contribution < 1.29 is 73.8 Å². The van der Waals surface area contributed by atoms with Crippen LogP contribution in [0.25, 0.3) is 0 Å². The first-order chi connectivity index (χ1) is 34.0. The van der Waals surface area contributed by atoms with Crippen molar-refractivity contribution in [1.82, 2.24) is 0 Å². The van der Waals surface area contributed by atoms with Crippen molar-refractivity contribution >= 4 is 11.9 Å². The Morgan fingerprint density at radius 1 is 0.457 bits per heavy atom. The third-order valence-electron chi connectivity index (χ3n) is 12.2. The Morgan fingerprint density at radius 3 is 1.40 bits per heavy atom. The summed E-state index contributed by atoms with van der Waals surface area (Å²) in [4.78, 5) is 25.7. The molecule has 2 rings (SSSR count). The minimum atomic E-state index is -1.79. The number of allylic oxidation sites excluding steroid dienone is 12. The molecule has 2 heterocycles. The minimum absolute atomic E-state index is 0.0321. The van der Waals surface area contributed by atoms with Gasteiger partial charge in [0.2, 0.25) is 0 Å². The van der Waals surface area contributed by atoms with Crippen molar-refractivity contribution in [1.29, 1.82) is 0 Å².